The molecule has 0 fully saturated rings. The molecule has 0 spiro atoms. The molecule has 80 valence electrons. The molecule has 0 saturated carbocycles. The summed E-state index contributed by atoms with van der Waals surface area (Å²) >= 11 is 0. The number of rotatable bonds is 0. The van der Waals surface area contributed by atoms with Crippen molar-refractivity contribution in [2.24, 2.45) is 0 Å². The second-order valence-corrected chi connectivity index (χ2v) is 3.08. The molecule has 2 unspecified atom stereocenters. The Labute approximate surface area is 74.7 Å². The smallest absolute Gasteiger partial charge is 0.303 e. The van der Waals surface area contributed by atoms with Gasteiger partial charge in [0.1, 0.15) is 0 Å². The predicted octanol–water partition coefficient (Wildman–Crippen LogP) is -1.74. The highest BCUT2D eigenvalue weighted by Crippen LogP contribution is 2.26. The fraction of sp³-hybridized carbons (Fsp3) is 0. The first-order valence-corrected chi connectivity index (χ1v) is 4.70. The van der Waals surface area contributed by atoms with Crippen molar-refractivity contribution in [3.63, 3.8) is 0 Å². The van der Waals surface area contributed by atoms with Gasteiger partial charge in [-0.1, -0.05) is 0 Å². The van der Waals surface area contributed by atoms with E-state index >= 15 is 0 Å². The van der Waals surface area contributed by atoms with Crippen molar-refractivity contribution >= 4 is 35.4 Å². The summed E-state index contributed by atoms with van der Waals surface area (Å²) in [7, 11) is -9.28. The van der Waals surface area contributed by atoms with Crippen LogP contribution >= 0.6 is 35.4 Å². The molecule has 2 atom stereocenters. The first-order valence-electron chi connectivity index (χ1n) is 1.57. The van der Waals surface area contributed by atoms with Gasteiger partial charge in [-0.25, -0.2) is 9.13 Å². The highest BCUT2D eigenvalue weighted by Gasteiger charge is 2.00. The van der Waals surface area contributed by atoms with Crippen LogP contribution in [0.5, 0.6) is 0 Å². The molecule has 0 aromatic heterocycles. The predicted molar refractivity (Wildman–Crippen MR) is 50.7 cm³/mol. The highest BCUT2D eigenvalue weighted by atomic mass is 31.2. The Balaban J connectivity index is -0.0000000457. The Kier molecular flexibility index (Phi) is 16.7. The molecule has 0 heterocycles. The van der Waals surface area contributed by atoms with Crippen LogP contribution in [0.4, 0.5) is 0 Å². The van der Waals surface area contributed by atoms with Crippen LogP contribution < -0.4 is 0 Å². The van der Waals surface area contributed by atoms with Gasteiger partial charge in [0.15, 0.2) is 0 Å². The van der Waals surface area contributed by atoms with Gasteiger partial charge in [-0.3, -0.25) is 0 Å². The van der Waals surface area contributed by atoms with Crippen molar-refractivity contribution in [1.82, 2.24) is 0 Å². The standard InChI is InChI=1S/2H3O4P.2H3P/c2*1-5(2,3)4;;/h2*(H3,1,2,3,4);2*1H3. The first-order chi connectivity index (χ1) is 4.00. The molecule has 0 amide bonds. The Morgan fingerprint density at radius 3 is 0.583 bits per heavy atom. The molecule has 0 aliphatic carbocycles. The minimum absolute atomic E-state index is 0. The van der Waals surface area contributed by atoms with Gasteiger partial charge >= 0.3 is 15.6 Å². The van der Waals surface area contributed by atoms with Gasteiger partial charge < -0.3 is 29.4 Å². The molecular formula is H12O8P4. The molecule has 8 nitrogen and oxygen atoms in total. The van der Waals surface area contributed by atoms with Crippen molar-refractivity contribution in [2.45, 2.75) is 0 Å². The van der Waals surface area contributed by atoms with Crippen LogP contribution in [0, 0.1) is 0 Å². The molecule has 0 saturated heterocycles. The summed E-state index contributed by atoms with van der Waals surface area (Å²) in [6.07, 6.45) is 0. The van der Waals surface area contributed by atoms with Gasteiger partial charge in [-0.15, -0.1) is 0 Å². The zero-order valence-corrected chi connectivity index (χ0v) is 10.4. The second-order valence-electron chi connectivity index (χ2n) is 1.03. The molecule has 0 rings (SSSR count). The van der Waals surface area contributed by atoms with E-state index in [0.29, 0.717) is 0 Å². The number of hydrogen-bond acceptors (Lipinski definition) is 2. The van der Waals surface area contributed by atoms with E-state index in [1.165, 1.54) is 0 Å². The maximum atomic E-state index is 8.88. The molecule has 0 aromatic carbocycles. The highest BCUT2D eigenvalue weighted by molar-refractivity contribution is 7.45. The topological polar surface area (TPSA) is 156 Å². The maximum Gasteiger partial charge on any atom is 0.466 e. The van der Waals surface area contributed by atoms with E-state index in [4.69, 9.17) is 38.5 Å². The summed E-state index contributed by atoms with van der Waals surface area (Å²) in [6.45, 7) is 0. The Morgan fingerprint density at radius 2 is 0.583 bits per heavy atom. The minimum atomic E-state index is -4.64. The van der Waals surface area contributed by atoms with Crippen LogP contribution in [-0.2, 0) is 9.13 Å². The van der Waals surface area contributed by atoms with Gasteiger partial charge in [0.2, 0.25) is 0 Å². The molecular weight excluding hydrogens is 252 g/mol. The molecule has 0 bridgehead atoms. The van der Waals surface area contributed by atoms with Gasteiger partial charge in [0.25, 0.3) is 0 Å². The van der Waals surface area contributed by atoms with Gasteiger partial charge in [0.05, 0.1) is 0 Å². The molecule has 0 radical (unpaired) electrons. The first kappa shape index (κ1) is 23.2. The van der Waals surface area contributed by atoms with Crippen LogP contribution in [0.15, 0.2) is 0 Å². The van der Waals surface area contributed by atoms with E-state index in [9.17, 15) is 0 Å². The fourth-order valence-corrected chi connectivity index (χ4v) is 0. The van der Waals surface area contributed by atoms with Gasteiger partial charge in [-0.2, -0.15) is 19.8 Å². The lowest BCUT2D eigenvalue weighted by atomic mass is 15.8. The molecule has 0 aliphatic rings. The van der Waals surface area contributed by atoms with E-state index in [2.05, 4.69) is 0 Å². The normalized spacial score (nSPS) is 9.83. The molecule has 6 N–H and O–H groups in total. The summed E-state index contributed by atoms with van der Waals surface area (Å²) < 4.78 is 17.8. The van der Waals surface area contributed by atoms with Crippen LogP contribution in [-0.4, -0.2) is 29.4 Å². The third-order valence-electron chi connectivity index (χ3n) is 0. The Hall–Kier alpha value is 1.08. The fourth-order valence-electron chi connectivity index (χ4n) is 0. The molecule has 0 aliphatic heterocycles. The summed E-state index contributed by atoms with van der Waals surface area (Å²) in [4.78, 5) is 43.1. The van der Waals surface area contributed by atoms with Gasteiger partial charge in [-0.05, 0) is 0 Å². The zero-order chi connectivity index (χ0) is 9.00. The summed E-state index contributed by atoms with van der Waals surface area (Å²) in [5.74, 6) is 0. The van der Waals surface area contributed by atoms with E-state index in [1.807, 2.05) is 0 Å². The number of hydrogen-bond donors (Lipinski definition) is 6. The van der Waals surface area contributed by atoms with Gasteiger partial charge in [0, 0.05) is 0 Å². The third kappa shape index (κ3) is 965. The largest absolute Gasteiger partial charge is 0.466 e. The van der Waals surface area contributed by atoms with E-state index in [0.717, 1.165) is 0 Å². The van der Waals surface area contributed by atoms with Crippen molar-refractivity contribution in [3.8, 4) is 0 Å². The van der Waals surface area contributed by atoms with Crippen LogP contribution in [0.1, 0.15) is 0 Å². The maximum absolute atomic E-state index is 8.88. The van der Waals surface area contributed by atoms with Crippen LogP contribution in [0.3, 0.4) is 0 Å². The van der Waals surface area contributed by atoms with E-state index < -0.39 is 15.6 Å². The second kappa shape index (κ2) is 8.67. The summed E-state index contributed by atoms with van der Waals surface area (Å²) in [6, 6.07) is 0. The van der Waals surface area contributed by atoms with Crippen LogP contribution in [0.25, 0.3) is 0 Å². The summed E-state index contributed by atoms with van der Waals surface area (Å²) in [5.41, 5.74) is 0. The van der Waals surface area contributed by atoms with Crippen molar-refractivity contribution in [1.29, 1.82) is 0 Å². The SMILES string of the molecule is O=P(O)(O)O.O=P(O)(O)O.P.P. The average molecular weight is 264 g/mol. The van der Waals surface area contributed by atoms with Crippen molar-refractivity contribution in [3.05, 3.63) is 0 Å². The van der Waals surface area contributed by atoms with E-state index in [1.54, 1.807) is 0 Å². The Morgan fingerprint density at radius 1 is 0.583 bits per heavy atom. The monoisotopic (exact) mass is 264 g/mol. The third-order valence-corrected chi connectivity index (χ3v) is 0. The lowest BCUT2D eigenvalue weighted by molar-refractivity contribution is 0.272. The molecule has 12 heavy (non-hydrogen) atoms. The van der Waals surface area contributed by atoms with Crippen molar-refractivity contribution in [2.75, 3.05) is 0 Å². The average Bonchev–Trinajstić information content (AvgIpc) is 1.12. The molecule has 0 aromatic rings. The molecule has 12 heteroatoms. The summed E-state index contributed by atoms with van der Waals surface area (Å²) in [5, 5.41) is 0. The zero-order valence-electron chi connectivity index (χ0n) is 5.81. The number of phosphoric acid groups is 2. The lowest BCUT2D eigenvalue weighted by Crippen LogP contribution is -1.66. The van der Waals surface area contributed by atoms with Crippen LogP contribution in [0.2, 0.25) is 0 Å². The minimum Gasteiger partial charge on any atom is -0.303 e. The lowest BCUT2D eigenvalue weighted by Gasteiger charge is -1.82. The van der Waals surface area contributed by atoms with E-state index in [-0.39, 0.29) is 19.8 Å². The quantitative estimate of drug-likeness (QED) is 0.281. The van der Waals surface area contributed by atoms with Crippen molar-refractivity contribution < 1.29 is 38.5 Å². The Bertz CT molecular complexity index is 123.